The van der Waals surface area contributed by atoms with Crippen LogP contribution in [0, 0.1) is 0 Å². The van der Waals surface area contributed by atoms with Gasteiger partial charge in [-0.3, -0.25) is 4.79 Å². The highest BCUT2D eigenvalue weighted by atomic mass is 16.1. The van der Waals surface area contributed by atoms with Crippen LogP contribution in [0.1, 0.15) is 26.0 Å². The fourth-order valence-corrected chi connectivity index (χ4v) is 2.01. The summed E-state index contributed by atoms with van der Waals surface area (Å²) in [5.41, 5.74) is 6.84. The molecule has 1 heterocycles. The molecule has 1 aromatic carbocycles. The van der Waals surface area contributed by atoms with Crippen LogP contribution in [0.5, 0.6) is 0 Å². The number of nitrogens with two attached hydrogens (primary N) is 1. The first kappa shape index (κ1) is 14.3. The molecule has 0 aliphatic heterocycles. The number of nitrogens with one attached hydrogen (secondary N) is 1. The average molecular weight is 272 g/mol. The Balaban J connectivity index is 1.99. The summed E-state index contributed by atoms with van der Waals surface area (Å²) in [4.78, 5) is 11.0. The summed E-state index contributed by atoms with van der Waals surface area (Å²) in [5.74, 6) is -0.308. The Kier molecular flexibility index (Phi) is 4.20. The van der Waals surface area contributed by atoms with Crippen molar-refractivity contribution in [3.05, 3.63) is 48.3 Å². The zero-order valence-corrected chi connectivity index (χ0v) is 11.8. The lowest BCUT2D eigenvalue weighted by molar-refractivity contribution is -0.119. The molecule has 0 aliphatic carbocycles. The number of aromatic nitrogens is 2. The Morgan fingerprint density at radius 3 is 2.65 bits per heavy atom. The van der Waals surface area contributed by atoms with E-state index in [9.17, 15) is 4.79 Å². The molecule has 0 radical (unpaired) electrons. The summed E-state index contributed by atoms with van der Waals surface area (Å²) in [6.45, 7) is 4.50. The predicted octanol–water partition coefficient (Wildman–Crippen LogP) is 1.62. The topological polar surface area (TPSA) is 72.9 Å². The maximum atomic E-state index is 11.0. The van der Waals surface area contributed by atoms with Crippen molar-refractivity contribution in [3.63, 3.8) is 0 Å². The van der Waals surface area contributed by atoms with Crippen LogP contribution in [-0.4, -0.2) is 21.2 Å². The minimum atomic E-state index is -0.331. The van der Waals surface area contributed by atoms with Crippen LogP contribution in [-0.2, 0) is 11.3 Å². The molecule has 0 spiro atoms. The van der Waals surface area contributed by atoms with Gasteiger partial charge in [0, 0.05) is 24.7 Å². The van der Waals surface area contributed by atoms with Gasteiger partial charge in [-0.05, 0) is 32.0 Å². The van der Waals surface area contributed by atoms with Gasteiger partial charge < -0.3 is 11.1 Å². The zero-order valence-electron chi connectivity index (χ0n) is 11.8. The second-order valence-corrected chi connectivity index (χ2v) is 5.47. The van der Waals surface area contributed by atoms with Crippen molar-refractivity contribution in [2.75, 3.05) is 0 Å². The molecule has 1 aromatic heterocycles. The monoisotopic (exact) mass is 272 g/mol. The number of nitrogens with zero attached hydrogens (tertiary/aromatic N) is 2. The molecule has 106 valence electrons. The van der Waals surface area contributed by atoms with Crippen molar-refractivity contribution < 1.29 is 4.79 Å². The number of hydrogen-bond acceptors (Lipinski definition) is 3. The standard InChI is InChI=1S/C15H20N4O/c1-15(2,10-14(16)20)17-11-12-8-9-19(18-12)13-6-4-3-5-7-13/h3-9,17H,10-11H2,1-2H3,(H2,16,20). The molecule has 20 heavy (non-hydrogen) atoms. The van der Waals surface area contributed by atoms with Crippen molar-refractivity contribution >= 4 is 5.91 Å². The van der Waals surface area contributed by atoms with Gasteiger partial charge in [0.1, 0.15) is 0 Å². The Labute approximate surface area is 118 Å². The molecule has 0 fully saturated rings. The van der Waals surface area contributed by atoms with Crippen LogP contribution < -0.4 is 11.1 Å². The highest BCUT2D eigenvalue weighted by Crippen LogP contribution is 2.10. The molecule has 2 aromatic rings. The van der Waals surface area contributed by atoms with E-state index in [0.29, 0.717) is 13.0 Å². The summed E-state index contributed by atoms with van der Waals surface area (Å²) in [6.07, 6.45) is 2.22. The minimum absolute atomic E-state index is 0.298. The van der Waals surface area contributed by atoms with Crippen LogP contribution in [0.25, 0.3) is 5.69 Å². The lowest BCUT2D eigenvalue weighted by atomic mass is 10.0. The van der Waals surface area contributed by atoms with E-state index in [1.54, 1.807) is 0 Å². The molecular formula is C15H20N4O. The molecule has 0 saturated heterocycles. The summed E-state index contributed by atoms with van der Waals surface area (Å²) in [6, 6.07) is 11.9. The van der Waals surface area contributed by atoms with Crippen molar-refractivity contribution in [3.8, 4) is 5.69 Å². The van der Waals surface area contributed by atoms with Gasteiger partial charge in [-0.25, -0.2) is 4.68 Å². The Morgan fingerprint density at radius 1 is 1.30 bits per heavy atom. The van der Waals surface area contributed by atoms with E-state index < -0.39 is 0 Å². The first-order valence-corrected chi connectivity index (χ1v) is 6.60. The lowest BCUT2D eigenvalue weighted by Crippen LogP contribution is -2.42. The van der Waals surface area contributed by atoms with E-state index in [-0.39, 0.29) is 11.4 Å². The summed E-state index contributed by atoms with van der Waals surface area (Å²) in [5, 5.41) is 7.80. The molecule has 2 rings (SSSR count). The minimum Gasteiger partial charge on any atom is -0.370 e. The number of benzene rings is 1. The third-order valence-electron chi connectivity index (χ3n) is 3.03. The van der Waals surface area contributed by atoms with E-state index in [1.165, 1.54) is 0 Å². The van der Waals surface area contributed by atoms with Crippen molar-refractivity contribution in [2.45, 2.75) is 32.4 Å². The van der Waals surface area contributed by atoms with Crippen molar-refractivity contribution in [1.82, 2.24) is 15.1 Å². The quantitative estimate of drug-likeness (QED) is 0.839. The number of rotatable bonds is 6. The first-order valence-electron chi connectivity index (χ1n) is 6.60. The van der Waals surface area contributed by atoms with Crippen LogP contribution in [0.3, 0.4) is 0 Å². The van der Waals surface area contributed by atoms with Crippen LogP contribution in [0.4, 0.5) is 0 Å². The number of amides is 1. The fourth-order valence-electron chi connectivity index (χ4n) is 2.01. The molecule has 5 nitrogen and oxygen atoms in total. The van der Waals surface area contributed by atoms with E-state index in [0.717, 1.165) is 11.4 Å². The highest BCUT2D eigenvalue weighted by molar-refractivity contribution is 5.74. The first-order chi connectivity index (χ1) is 9.46. The van der Waals surface area contributed by atoms with E-state index in [4.69, 9.17) is 5.73 Å². The van der Waals surface area contributed by atoms with Gasteiger partial charge in [0.25, 0.3) is 0 Å². The second kappa shape index (κ2) is 5.88. The van der Waals surface area contributed by atoms with E-state index in [2.05, 4.69) is 10.4 Å². The third kappa shape index (κ3) is 3.93. The van der Waals surface area contributed by atoms with Crippen molar-refractivity contribution in [2.24, 2.45) is 5.73 Å². The third-order valence-corrected chi connectivity index (χ3v) is 3.03. The maximum Gasteiger partial charge on any atom is 0.219 e. The highest BCUT2D eigenvalue weighted by Gasteiger charge is 2.19. The van der Waals surface area contributed by atoms with E-state index >= 15 is 0 Å². The summed E-state index contributed by atoms with van der Waals surface area (Å²) < 4.78 is 1.83. The SMILES string of the molecule is CC(C)(CC(N)=O)NCc1ccn(-c2ccccc2)n1. The molecule has 3 N–H and O–H groups in total. The van der Waals surface area contributed by atoms with Gasteiger partial charge in [0.2, 0.25) is 5.91 Å². The maximum absolute atomic E-state index is 11.0. The van der Waals surface area contributed by atoms with E-state index in [1.807, 2.05) is 61.1 Å². The number of primary amides is 1. The predicted molar refractivity (Wildman–Crippen MR) is 78.3 cm³/mol. The Hall–Kier alpha value is -2.14. The van der Waals surface area contributed by atoms with Gasteiger partial charge in [-0.2, -0.15) is 5.10 Å². The number of hydrogen-bond donors (Lipinski definition) is 2. The smallest absolute Gasteiger partial charge is 0.219 e. The number of carbonyl (C=O) groups excluding carboxylic acids is 1. The molecule has 1 amide bonds. The Bertz CT molecular complexity index is 575. The molecule has 0 aliphatic rings. The largest absolute Gasteiger partial charge is 0.370 e. The van der Waals surface area contributed by atoms with Gasteiger partial charge >= 0.3 is 0 Å². The number of carbonyl (C=O) groups is 1. The fraction of sp³-hybridized carbons (Fsp3) is 0.333. The summed E-state index contributed by atoms with van der Waals surface area (Å²) in [7, 11) is 0. The average Bonchev–Trinajstić information content (AvgIpc) is 2.85. The van der Waals surface area contributed by atoms with Crippen LogP contribution in [0.15, 0.2) is 42.6 Å². The Morgan fingerprint density at radius 2 is 2.00 bits per heavy atom. The molecular weight excluding hydrogens is 252 g/mol. The van der Waals surface area contributed by atoms with Crippen LogP contribution >= 0.6 is 0 Å². The molecule has 5 heteroatoms. The van der Waals surface area contributed by atoms with Gasteiger partial charge in [0.05, 0.1) is 11.4 Å². The molecule has 0 unspecified atom stereocenters. The van der Waals surface area contributed by atoms with Gasteiger partial charge in [0.15, 0.2) is 0 Å². The molecule has 0 bridgehead atoms. The molecule has 0 saturated carbocycles. The lowest BCUT2D eigenvalue weighted by Gasteiger charge is -2.24. The van der Waals surface area contributed by atoms with Crippen LogP contribution in [0.2, 0.25) is 0 Å². The molecule has 0 atom stereocenters. The second-order valence-electron chi connectivity index (χ2n) is 5.47. The van der Waals surface area contributed by atoms with Gasteiger partial charge in [-0.1, -0.05) is 18.2 Å². The zero-order chi connectivity index (χ0) is 14.6. The van der Waals surface area contributed by atoms with Crippen molar-refractivity contribution in [1.29, 1.82) is 0 Å². The van der Waals surface area contributed by atoms with Gasteiger partial charge in [-0.15, -0.1) is 0 Å². The number of para-hydroxylation sites is 1. The normalized spacial score (nSPS) is 11.5. The summed E-state index contributed by atoms with van der Waals surface area (Å²) >= 11 is 0.